The molecular formula is C12H11N5OS. The highest BCUT2D eigenvalue weighted by atomic mass is 32.1. The van der Waals surface area contributed by atoms with Gasteiger partial charge in [-0.3, -0.25) is 0 Å². The molecule has 0 saturated carbocycles. The van der Waals surface area contributed by atoms with Gasteiger partial charge in [-0.2, -0.15) is 16.0 Å². The summed E-state index contributed by atoms with van der Waals surface area (Å²) in [6.45, 7) is 0. The van der Waals surface area contributed by atoms with Gasteiger partial charge in [-0.05, 0) is 34.0 Å². The van der Waals surface area contributed by atoms with E-state index < -0.39 is 0 Å². The molecular weight excluding hydrogens is 262 g/mol. The van der Waals surface area contributed by atoms with Crippen molar-refractivity contribution < 1.29 is 4.74 Å². The molecule has 2 aromatic heterocycles. The van der Waals surface area contributed by atoms with Crippen molar-refractivity contribution in [3.05, 3.63) is 35.0 Å². The zero-order valence-corrected chi connectivity index (χ0v) is 11.0. The Labute approximate surface area is 113 Å². The summed E-state index contributed by atoms with van der Waals surface area (Å²) in [5.74, 6) is 1.27. The van der Waals surface area contributed by atoms with E-state index in [2.05, 4.69) is 15.5 Å². The molecule has 0 spiro atoms. The molecule has 19 heavy (non-hydrogen) atoms. The van der Waals surface area contributed by atoms with Crippen molar-refractivity contribution in [3.8, 4) is 22.8 Å². The second-order valence-corrected chi connectivity index (χ2v) is 4.64. The predicted octanol–water partition coefficient (Wildman–Crippen LogP) is 1.98. The summed E-state index contributed by atoms with van der Waals surface area (Å²) in [5.41, 5.74) is 8.11. The number of benzene rings is 1. The maximum absolute atomic E-state index is 5.75. The summed E-state index contributed by atoms with van der Waals surface area (Å²) in [6, 6.07) is 7.35. The van der Waals surface area contributed by atoms with Gasteiger partial charge in [-0.25, -0.2) is 0 Å². The second-order valence-electron chi connectivity index (χ2n) is 3.86. The van der Waals surface area contributed by atoms with Gasteiger partial charge in [0.15, 0.2) is 5.82 Å². The Morgan fingerprint density at radius 3 is 2.95 bits per heavy atom. The minimum Gasteiger partial charge on any atom is -0.496 e. The first kappa shape index (κ1) is 11.7. The molecule has 3 aromatic rings. The van der Waals surface area contributed by atoms with E-state index in [0.717, 1.165) is 11.3 Å². The largest absolute Gasteiger partial charge is 0.496 e. The number of rotatable bonds is 3. The van der Waals surface area contributed by atoms with Crippen molar-refractivity contribution in [3.63, 3.8) is 0 Å². The van der Waals surface area contributed by atoms with Crippen LogP contribution in [0.4, 0.5) is 5.69 Å². The SMILES string of the molecule is COc1cc(N)ccc1-c1nnnn1-c1ccsc1. The van der Waals surface area contributed by atoms with E-state index in [1.165, 1.54) is 0 Å². The van der Waals surface area contributed by atoms with Gasteiger partial charge in [0.2, 0.25) is 0 Å². The van der Waals surface area contributed by atoms with Gasteiger partial charge in [-0.1, -0.05) is 0 Å². The third-order valence-corrected chi connectivity index (χ3v) is 3.36. The van der Waals surface area contributed by atoms with Crippen molar-refractivity contribution in [2.24, 2.45) is 0 Å². The summed E-state index contributed by atoms with van der Waals surface area (Å²) in [6.07, 6.45) is 0. The minimum atomic E-state index is 0.621. The first-order chi connectivity index (χ1) is 9.29. The van der Waals surface area contributed by atoms with Crippen molar-refractivity contribution in [1.29, 1.82) is 0 Å². The summed E-state index contributed by atoms with van der Waals surface area (Å²) < 4.78 is 7.01. The summed E-state index contributed by atoms with van der Waals surface area (Å²) in [7, 11) is 1.59. The first-order valence-corrected chi connectivity index (χ1v) is 6.48. The Balaban J connectivity index is 2.16. The molecule has 0 aliphatic rings. The molecule has 0 amide bonds. The minimum absolute atomic E-state index is 0.621. The van der Waals surface area contributed by atoms with Gasteiger partial charge in [0, 0.05) is 17.1 Å². The van der Waals surface area contributed by atoms with Crippen LogP contribution >= 0.6 is 11.3 Å². The molecule has 0 aliphatic carbocycles. The van der Waals surface area contributed by atoms with Crippen molar-refractivity contribution in [2.45, 2.75) is 0 Å². The van der Waals surface area contributed by atoms with E-state index in [9.17, 15) is 0 Å². The molecule has 0 atom stereocenters. The van der Waals surface area contributed by atoms with Crippen LogP contribution in [0.15, 0.2) is 35.0 Å². The zero-order valence-electron chi connectivity index (χ0n) is 10.1. The van der Waals surface area contributed by atoms with Crippen LogP contribution in [0.3, 0.4) is 0 Å². The highest BCUT2D eigenvalue weighted by Gasteiger charge is 2.15. The average molecular weight is 273 g/mol. The molecule has 0 unspecified atom stereocenters. The lowest BCUT2D eigenvalue weighted by Crippen LogP contribution is -2.00. The maximum atomic E-state index is 5.75. The molecule has 7 heteroatoms. The fourth-order valence-corrected chi connectivity index (χ4v) is 2.41. The molecule has 0 fully saturated rings. The number of thiophene rings is 1. The normalized spacial score (nSPS) is 10.6. The highest BCUT2D eigenvalue weighted by molar-refractivity contribution is 7.08. The Morgan fingerprint density at radius 1 is 1.32 bits per heavy atom. The van der Waals surface area contributed by atoms with E-state index in [1.54, 1.807) is 35.3 Å². The number of anilines is 1. The zero-order chi connectivity index (χ0) is 13.2. The molecule has 0 radical (unpaired) electrons. The molecule has 0 bridgehead atoms. The molecule has 0 saturated heterocycles. The van der Waals surface area contributed by atoms with Crippen molar-refractivity contribution in [2.75, 3.05) is 12.8 Å². The predicted molar refractivity (Wildman–Crippen MR) is 73.4 cm³/mol. The van der Waals surface area contributed by atoms with E-state index in [-0.39, 0.29) is 0 Å². The van der Waals surface area contributed by atoms with Crippen molar-refractivity contribution >= 4 is 17.0 Å². The van der Waals surface area contributed by atoms with Crippen LogP contribution in [0.1, 0.15) is 0 Å². The number of hydrogen-bond donors (Lipinski definition) is 1. The summed E-state index contributed by atoms with van der Waals surface area (Å²) >= 11 is 1.59. The summed E-state index contributed by atoms with van der Waals surface area (Å²) in [4.78, 5) is 0. The second kappa shape index (κ2) is 4.69. The monoisotopic (exact) mass is 273 g/mol. The Morgan fingerprint density at radius 2 is 2.21 bits per heavy atom. The van der Waals surface area contributed by atoms with E-state index in [0.29, 0.717) is 17.3 Å². The number of ether oxygens (including phenoxy) is 1. The average Bonchev–Trinajstić information content (AvgIpc) is 3.08. The number of hydrogen-bond acceptors (Lipinski definition) is 6. The van der Waals surface area contributed by atoms with Crippen LogP contribution in [0.5, 0.6) is 5.75 Å². The molecule has 2 heterocycles. The lowest BCUT2D eigenvalue weighted by molar-refractivity contribution is 0.416. The molecule has 6 nitrogen and oxygen atoms in total. The van der Waals surface area contributed by atoms with Gasteiger partial charge >= 0.3 is 0 Å². The van der Waals surface area contributed by atoms with Gasteiger partial charge in [0.05, 0.1) is 18.4 Å². The number of nitrogen functional groups attached to an aromatic ring is 1. The standard InChI is InChI=1S/C12H11N5OS/c1-18-11-6-8(13)2-3-10(11)12-14-15-16-17(12)9-4-5-19-7-9/h2-7H,13H2,1H3. The number of nitrogens with two attached hydrogens (primary N) is 1. The smallest absolute Gasteiger partial charge is 0.190 e. The first-order valence-electron chi connectivity index (χ1n) is 5.54. The number of nitrogens with zero attached hydrogens (tertiary/aromatic N) is 4. The van der Waals surface area contributed by atoms with Crippen molar-refractivity contribution in [1.82, 2.24) is 20.2 Å². The molecule has 2 N–H and O–H groups in total. The highest BCUT2D eigenvalue weighted by Crippen LogP contribution is 2.31. The van der Waals surface area contributed by atoms with Crippen LogP contribution < -0.4 is 10.5 Å². The van der Waals surface area contributed by atoms with Crippen LogP contribution in [-0.2, 0) is 0 Å². The van der Waals surface area contributed by atoms with Crippen LogP contribution in [0.2, 0.25) is 0 Å². The third kappa shape index (κ3) is 2.04. The van der Waals surface area contributed by atoms with Crippen LogP contribution in [0.25, 0.3) is 17.1 Å². The lowest BCUT2D eigenvalue weighted by atomic mass is 10.1. The quantitative estimate of drug-likeness (QED) is 0.738. The lowest BCUT2D eigenvalue weighted by Gasteiger charge is -2.08. The van der Waals surface area contributed by atoms with Gasteiger partial charge in [0.1, 0.15) is 5.75 Å². The number of aromatic nitrogens is 4. The Hall–Kier alpha value is -2.41. The van der Waals surface area contributed by atoms with Gasteiger partial charge in [0.25, 0.3) is 0 Å². The molecule has 3 rings (SSSR count). The van der Waals surface area contributed by atoms with E-state index in [1.807, 2.05) is 22.9 Å². The third-order valence-electron chi connectivity index (χ3n) is 2.69. The van der Waals surface area contributed by atoms with E-state index in [4.69, 9.17) is 10.5 Å². The van der Waals surface area contributed by atoms with Gasteiger partial charge in [-0.15, -0.1) is 5.10 Å². The summed E-state index contributed by atoms with van der Waals surface area (Å²) in [5, 5.41) is 15.8. The van der Waals surface area contributed by atoms with Crippen LogP contribution in [0, 0.1) is 0 Å². The van der Waals surface area contributed by atoms with Gasteiger partial charge < -0.3 is 10.5 Å². The number of tetrazole rings is 1. The fourth-order valence-electron chi connectivity index (χ4n) is 1.80. The molecule has 96 valence electrons. The fraction of sp³-hybridized carbons (Fsp3) is 0.0833. The number of methoxy groups -OCH3 is 1. The molecule has 1 aromatic carbocycles. The van der Waals surface area contributed by atoms with Crippen LogP contribution in [-0.4, -0.2) is 27.3 Å². The Bertz CT molecular complexity index is 692. The maximum Gasteiger partial charge on any atom is 0.190 e. The molecule has 0 aliphatic heterocycles. The van der Waals surface area contributed by atoms with E-state index >= 15 is 0 Å². The topological polar surface area (TPSA) is 78.8 Å². The Kier molecular flexibility index (Phi) is 2.88.